The van der Waals surface area contributed by atoms with Crippen LogP contribution in [0.3, 0.4) is 0 Å². The topological polar surface area (TPSA) is 41.5 Å². The van der Waals surface area contributed by atoms with Gasteiger partial charge in [-0.25, -0.2) is 0 Å². The molecule has 0 heterocycles. The van der Waals surface area contributed by atoms with Crippen LogP contribution in [-0.4, -0.2) is 31.0 Å². The van der Waals surface area contributed by atoms with Crippen LogP contribution in [0.4, 0.5) is 5.69 Å². The highest BCUT2D eigenvalue weighted by molar-refractivity contribution is 9.10. The molecular weight excluding hydrogens is 258 g/mol. The molecule has 0 aliphatic heterocycles. The molecule has 0 radical (unpaired) electrons. The molecule has 1 aromatic carbocycles. The van der Waals surface area contributed by atoms with Crippen molar-refractivity contribution in [2.24, 2.45) is 0 Å². The second-order valence-corrected chi connectivity index (χ2v) is 4.12. The minimum atomic E-state index is -0.464. The van der Waals surface area contributed by atoms with E-state index in [2.05, 4.69) is 21.2 Å². The summed E-state index contributed by atoms with van der Waals surface area (Å²) in [5.41, 5.74) is 0.994. The van der Waals surface area contributed by atoms with E-state index in [1.165, 1.54) is 0 Å². The van der Waals surface area contributed by atoms with Gasteiger partial charge in [0.25, 0.3) is 0 Å². The van der Waals surface area contributed by atoms with E-state index < -0.39 is 6.10 Å². The molecule has 1 unspecified atom stereocenters. The number of hydrogen-bond acceptors (Lipinski definition) is 3. The zero-order chi connectivity index (χ0) is 11.1. The second-order valence-electron chi connectivity index (χ2n) is 3.20. The fourth-order valence-corrected chi connectivity index (χ4v) is 1.38. The molecule has 4 heteroatoms. The third kappa shape index (κ3) is 5.16. The molecule has 0 saturated carbocycles. The molecule has 1 aromatic rings. The van der Waals surface area contributed by atoms with Gasteiger partial charge in [0.15, 0.2) is 0 Å². The fourth-order valence-electron chi connectivity index (χ4n) is 1.12. The van der Waals surface area contributed by atoms with Crippen LogP contribution >= 0.6 is 15.9 Å². The van der Waals surface area contributed by atoms with Gasteiger partial charge in [0.2, 0.25) is 0 Å². The zero-order valence-electron chi connectivity index (χ0n) is 8.74. The molecular formula is C11H16BrNO2. The minimum absolute atomic E-state index is 0.375. The first-order chi connectivity index (χ1) is 7.22. The first-order valence-electron chi connectivity index (χ1n) is 4.97. The van der Waals surface area contributed by atoms with E-state index in [4.69, 9.17) is 4.74 Å². The van der Waals surface area contributed by atoms with Crippen molar-refractivity contribution in [3.05, 3.63) is 28.7 Å². The van der Waals surface area contributed by atoms with Crippen LogP contribution in [0.2, 0.25) is 0 Å². The van der Waals surface area contributed by atoms with E-state index in [-0.39, 0.29) is 0 Å². The van der Waals surface area contributed by atoms with Gasteiger partial charge in [-0.05, 0) is 31.2 Å². The van der Waals surface area contributed by atoms with Gasteiger partial charge in [-0.3, -0.25) is 0 Å². The van der Waals surface area contributed by atoms with Crippen molar-refractivity contribution < 1.29 is 9.84 Å². The highest BCUT2D eigenvalue weighted by Gasteiger charge is 2.02. The first-order valence-corrected chi connectivity index (χ1v) is 5.77. The van der Waals surface area contributed by atoms with Crippen LogP contribution in [0.1, 0.15) is 6.92 Å². The Labute approximate surface area is 98.6 Å². The molecule has 0 spiro atoms. The number of nitrogens with one attached hydrogen (secondary N) is 1. The quantitative estimate of drug-likeness (QED) is 0.836. The Morgan fingerprint density at radius 1 is 1.40 bits per heavy atom. The van der Waals surface area contributed by atoms with Crippen molar-refractivity contribution in [3.63, 3.8) is 0 Å². The Morgan fingerprint density at radius 2 is 2.07 bits per heavy atom. The van der Waals surface area contributed by atoms with Crippen LogP contribution in [0.15, 0.2) is 28.7 Å². The Balaban J connectivity index is 2.27. The van der Waals surface area contributed by atoms with Crippen molar-refractivity contribution in [3.8, 4) is 0 Å². The van der Waals surface area contributed by atoms with E-state index >= 15 is 0 Å². The third-order valence-electron chi connectivity index (χ3n) is 1.90. The number of aliphatic hydroxyl groups excluding tert-OH is 1. The van der Waals surface area contributed by atoms with Gasteiger partial charge in [-0.2, -0.15) is 0 Å². The summed E-state index contributed by atoms with van der Waals surface area (Å²) in [7, 11) is 0. The van der Waals surface area contributed by atoms with E-state index in [0.29, 0.717) is 19.8 Å². The summed E-state index contributed by atoms with van der Waals surface area (Å²) in [6.07, 6.45) is -0.464. The molecule has 2 N–H and O–H groups in total. The van der Waals surface area contributed by atoms with E-state index in [0.717, 1.165) is 10.2 Å². The molecule has 0 amide bonds. The molecule has 15 heavy (non-hydrogen) atoms. The predicted octanol–water partition coefficient (Wildman–Crippen LogP) is 2.26. The van der Waals surface area contributed by atoms with Gasteiger partial charge in [-0.15, -0.1) is 0 Å². The summed E-state index contributed by atoms with van der Waals surface area (Å²) >= 11 is 3.36. The molecule has 0 aliphatic carbocycles. The average Bonchev–Trinajstić information content (AvgIpc) is 2.25. The highest BCUT2D eigenvalue weighted by atomic mass is 79.9. The third-order valence-corrected chi connectivity index (χ3v) is 2.43. The minimum Gasteiger partial charge on any atom is -0.389 e. The number of halogens is 1. The van der Waals surface area contributed by atoms with Gasteiger partial charge in [0, 0.05) is 23.3 Å². The van der Waals surface area contributed by atoms with Gasteiger partial charge >= 0.3 is 0 Å². The maximum absolute atomic E-state index is 9.50. The maximum Gasteiger partial charge on any atom is 0.0945 e. The summed E-state index contributed by atoms with van der Waals surface area (Å²) in [5.74, 6) is 0. The van der Waals surface area contributed by atoms with Crippen molar-refractivity contribution >= 4 is 21.6 Å². The maximum atomic E-state index is 9.50. The SMILES string of the molecule is CCOCC(O)CNc1ccc(Br)cc1. The normalized spacial score (nSPS) is 12.5. The lowest BCUT2D eigenvalue weighted by atomic mass is 10.3. The number of hydrogen-bond donors (Lipinski definition) is 2. The van der Waals surface area contributed by atoms with Crippen molar-refractivity contribution in [1.29, 1.82) is 0 Å². The Morgan fingerprint density at radius 3 is 2.67 bits per heavy atom. The lowest BCUT2D eigenvalue weighted by Gasteiger charge is -2.12. The van der Waals surface area contributed by atoms with Crippen LogP contribution in [-0.2, 0) is 4.74 Å². The smallest absolute Gasteiger partial charge is 0.0945 e. The van der Waals surface area contributed by atoms with Crippen molar-refractivity contribution in [2.75, 3.05) is 25.1 Å². The van der Waals surface area contributed by atoms with Crippen LogP contribution < -0.4 is 5.32 Å². The van der Waals surface area contributed by atoms with Gasteiger partial charge in [-0.1, -0.05) is 15.9 Å². The lowest BCUT2D eigenvalue weighted by molar-refractivity contribution is 0.0496. The summed E-state index contributed by atoms with van der Waals surface area (Å²) in [4.78, 5) is 0. The number of ether oxygens (including phenoxy) is 1. The zero-order valence-corrected chi connectivity index (χ0v) is 10.3. The number of anilines is 1. The second kappa shape index (κ2) is 6.82. The molecule has 0 bridgehead atoms. The van der Waals surface area contributed by atoms with Crippen LogP contribution in [0, 0.1) is 0 Å². The van der Waals surface area contributed by atoms with E-state index in [9.17, 15) is 5.11 Å². The monoisotopic (exact) mass is 273 g/mol. The molecule has 1 atom stereocenters. The largest absolute Gasteiger partial charge is 0.389 e. The van der Waals surface area contributed by atoms with E-state index in [1.54, 1.807) is 0 Å². The highest BCUT2D eigenvalue weighted by Crippen LogP contribution is 2.13. The van der Waals surface area contributed by atoms with Gasteiger partial charge < -0.3 is 15.2 Å². The molecule has 1 rings (SSSR count). The molecule has 84 valence electrons. The van der Waals surface area contributed by atoms with Crippen LogP contribution in [0.25, 0.3) is 0 Å². The van der Waals surface area contributed by atoms with Crippen molar-refractivity contribution in [1.82, 2.24) is 0 Å². The molecule has 0 saturated heterocycles. The van der Waals surface area contributed by atoms with Crippen LogP contribution in [0.5, 0.6) is 0 Å². The standard InChI is InChI=1S/C11H16BrNO2/c1-2-15-8-11(14)7-13-10-5-3-9(12)4-6-10/h3-6,11,13-14H,2,7-8H2,1H3. The Hall–Kier alpha value is -0.580. The molecule has 0 aromatic heterocycles. The first kappa shape index (κ1) is 12.5. The molecule has 0 fully saturated rings. The molecule has 3 nitrogen and oxygen atoms in total. The Kier molecular flexibility index (Phi) is 5.68. The van der Waals surface area contributed by atoms with Gasteiger partial charge in [0.1, 0.15) is 0 Å². The summed E-state index contributed by atoms with van der Waals surface area (Å²) < 4.78 is 6.15. The summed E-state index contributed by atoms with van der Waals surface area (Å²) in [5, 5.41) is 12.6. The lowest BCUT2D eigenvalue weighted by Crippen LogP contribution is -2.24. The fraction of sp³-hybridized carbons (Fsp3) is 0.455. The Bertz CT molecular complexity index is 276. The number of rotatable bonds is 6. The van der Waals surface area contributed by atoms with E-state index in [1.807, 2.05) is 31.2 Å². The number of aliphatic hydroxyl groups is 1. The van der Waals surface area contributed by atoms with Crippen molar-refractivity contribution in [2.45, 2.75) is 13.0 Å². The average molecular weight is 274 g/mol. The summed E-state index contributed by atoms with van der Waals surface area (Å²) in [6, 6.07) is 7.82. The number of benzene rings is 1. The molecule has 0 aliphatic rings. The van der Waals surface area contributed by atoms with Gasteiger partial charge in [0.05, 0.1) is 12.7 Å². The predicted molar refractivity (Wildman–Crippen MR) is 65.1 cm³/mol. The summed E-state index contributed by atoms with van der Waals surface area (Å²) in [6.45, 7) is 3.42.